The van der Waals surface area contributed by atoms with Gasteiger partial charge in [0, 0.05) is 18.7 Å². The van der Waals surface area contributed by atoms with Gasteiger partial charge in [0.2, 0.25) is 0 Å². The van der Waals surface area contributed by atoms with Gasteiger partial charge in [0.05, 0.1) is 6.61 Å². The predicted octanol–water partition coefficient (Wildman–Crippen LogP) is 4.14. The van der Waals surface area contributed by atoms with Crippen LogP contribution in [0.15, 0.2) is 60.7 Å². The largest absolute Gasteiger partial charge is 0.494 e. The summed E-state index contributed by atoms with van der Waals surface area (Å²) in [5.41, 5.74) is 4.45. The van der Waals surface area contributed by atoms with Gasteiger partial charge < -0.3 is 9.64 Å². The van der Waals surface area contributed by atoms with Gasteiger partial charge in [-0.1, -0.05) is 43.3 Å². The molecule has 0 atom stereocenters. The van der Waals surface area contributed by atoms with E-state index < -0.39 is 0 Å². The molecule has 0 spiro atoms. The Hall–Kier alpha value is -3.41. The molecular formula is C23H23N5O. The van der Waals surface area contributed by atoms with Crippen LogP contribution in [0.5, 0.6) is 5.75 Å². The molecular weight excluding hydrogens is 362 g/mol. The Kier molecular flexibility index (Phi) is 4.60. The third kappa shape index (κ3) is 3.42. The van der Waals surface area contributed by atoms with Crippen LogP contribution < -0.4 is 9.64 Å². The maximum Gasteiger partial charge on any atom is 0.185 e. The van der Waals surface area contributed by atoms with Gasteiger partial charge in [0.15, 0.2) is 11.5 Å². The highest BCUT2D eigenvalue weighted by molar-refractivity contribution is 5.59. The van der Waals surface area contributed by atoms with Crippen molar-refractivity contribution in [2.75, 3.05) is 18.1 Å². The lowest BCUT2D eigenvalue weighted by atomic mass is 9.99. The molecule has 0 saturated carbocycles. The Bertz CT molecular complexity index is 1140. The van der Waals surface area contributed by atoms with Crippen molar-refractivity contribution in [3.63, 3.8) is 0 Å². The first-order valence-electron chi connectivity index (χ1n) is 10.1. The first-order chi connectivity index (χ1) is 14.3. The van der Waals surface area contributed by atoms with Crippen molar-refractivity contribution in [2.45, 2.75) is 26.3 Å². The van der Waals surface area contributed by atoms with Gasteiger partial charge in [0.25, 0.3) is 0 Å². The van der Waals surface area contributed by atoms with Gasteiger partial charge in [-0.05, 0) is 48.2 Å². The Balaban J connectivity index is 1.43. The second-order valence-electron chi connectivity index (χ2n) is 7.30. The molecule has 2 aromatic heterocycles. The molecule has 29 heavy (non-hydrogen) atoms. The predicted molar refractivity (Wildman–Crippen MR) is 113 cm³/mol. The number of rotatable bonds is 5. The van der Waals surface area contributed by atoms with E-state index in [2.05, 4.69) is 40.2 Å². The van der Waals surface area contributed by atoms with Crippen LogP contribution in [0.25, 0.3) is 17.0 Å². The van der Waals surface area contributed by atoms with Crippen molar-refractivity contribution in [1.29, 1.82) is 0 Å². The lowest BCUT2D eigenvalue weighted by molar-refractivity contribution is 0.317. The molecule has 1 aliphatic heterocycles. The fourth-order valence-electron chi connectivity index (χ4n) is 3.75. The van der Waals surface area contributed by atoms with Crippen LogP contribution in [0, 0.1) is 0 Å². The standard InChI is InChI=1S/C23H23N5O/c1-2-14-29-20-9-8-19-16-27(13-12-18(19)15-20)22-11-10-21-24-25-23(28(21)26-22)17-6-4-3-5-7-17/h3-11,15H,2,12-14,16H2,1H3. The van der Waals surface area contributed by atoms with E-state index >= 15 is 0 Å². The van der Waals surface area contributed by atoms with E-state index in [1.807, 2.05) is 47.0 Å². The van der Waals surface area contributed by atoms with Gasteiger partial charge in [-0.25, -0.2) is 0 Å². The molecule has 2 aromatic carbocycles. The average molecular weight is 385 g/mol. The van der Waals surface area contributed by atoms with E-state index in [1.54, 1.807) is 0 Å². The third-order valence-corrected chi connectivity index (χ3v) is 5.27. The number of aromatic nitrogens is 4. The van der Waals surface area contributed by atoms with Crippen molar-refractivity contribution in [2.24, 2.45) is 0 Å². The molecule has 6 heteroatoms. The number of nitrogens with zero attached hydrogens (tertiary/aromatic N) is 5. The summed E-state index contributed by atoms with van der Waals surface area (Å²) in [5, 5.41) is 13.5. The molecule has 0 aliphatic carbocycles. The highest BCUT2D eigenvalue weighted by atomic mass is 16.5. The van der Waals surface area contributed by atoms with Crippen LogP contribution in [0.1, 0.15) is 24.5 Å². The molecule has 0 N–H and O–H groups in total. The normalized spacial score (nSPS) is 13.5. The lowest BCUT2D eigenvalue weighted by Gasteiger charge is -2.30. The highest BCUT2D eigenvalue weighted by Crippen LogP contribution is 2.27. The molecule has 146 valence electrons. The maximum absolute atomic E-state index is 5.78. The summed E-state index contributed by atoms with van der Waals surface area (Å²) in [4.78, 5) is 2.31. The lowest BCUT2D eigenvalue weighted by Crippen LogP contribution is -2.31. The molecule has 0 amide bonds. The van der Waals surface area contributed by atoms with E-state index in [0.717, 1.165) is 61.1 Å². The van der Waals surface area contributed by atoms with E-state index in [-0.39, 0.29) is 0 Å². The minimum atomic E-state index is 0.753. The minimum absolute atomic E-state index is 0.753. The van der Waals surface area contributed by atoms with Gasteiger partial charge in [-0.2, -0.15) is 4.52 Å². The minimum Gasteiger partial charge on any atom is -0.494 e. The zero-order valence-electron chi connectivity index (χ0n) is 16.5. The summed E-state index contributed by atoms with van der Waals surface area (Å²) in [6.07, 6.45) is 2.00. The van der Waals surface area contributed by atoms with Crippen LogP contribution in [0.3, 0.4) is 0 Å². The second-order valence-corrected chi connectivity index (χ2v) is 7.30. The summed E-state index contributed by atoms with van der Waals surface area (Å²) in [6.45, 7) is 4.65. The van der Waals surface area contributed by atoms with Gasteiger partial charge in [0.1, 0.15) is 11.6 Å². The van der Waals surface area contributed by atoms with Crippen molar-refractivity contribution >= 4 is 11.5 Å². The van der Waals surface area contributed by atoms with Crippen molar-refractivity contribution in [1.82, 2.24) is 19.8 Å². The van der Waals surface area contributed by atoms with E-state index in [0.29, 0.717) is 0 Å². The van der Waals surface area contributed by atoms with Crippen molar-refractivity contribution in [3.05, 3.63) is 71.8 Å². The van der Waals surface area contributed by atoms with Crippen LogP contribution in [-0.2, 0) is 13.0 Å². The first-order valence-corrected chi connectivity index (χ1v) is 10.1. The van der Waals surface area contributed by atoms with Crippen molar-refractivity contribution < 1.29 is 4.74 Å². The van der Waals surface area contributed by atoms with E-state index in [9.17, 15) is 0 Å². The molecule has 3 heterocycles. The highest BCUT2D eigenvalue weighted by Gasteiger charge is 2.19. The summed E-state index contributed by atoms with van der Waals surface area (Å²) in [7, 11) is 0. The van der Waals surface area contributed by atoms with Crippen LogP contribution in [0.2, 0.25) is 0 Å². The Morgan fingerprint density at radius 3 is 2.72 bits per heavy atom. The molecule has 0 unspecified atom stereocenters. The second kappa shape index (κ2) is 7.54. The summed E-state index contributed by atoms with van der Waals surface area (Å²) < 4.78 is 7.62. The smallest absolute Gasteiger partial charge is 0.185 e. The number of ether oxygens (including phenoxy) is 1. The van der Waals surface area contributed by atoms with E-state index in [4.69, 9.17) is 9.84 Å². The molecule has 0 saturated heterocycles. The van der Waals surface area contributed by atoms with Crippen molar-refractivity contribution in [3.8, 4) is 17.1 Å². The SMILES string of the molecule is CCCOc1ccc2c(c1)CCN(c1ccc3nnc(-c4ccccc4)n3n1)C2. The zero-order chi connectivity index (χ0) is 19.6. The third-order valence-electron chi connectivity index (χ3n) is 5.27. The molecule has 5 rings (SSSR count). The maximum atomic E-state index is 5.78. The van der Waals surface area contributed by atoms with E-state index in [1.165, 1.54) is 11.1 Å². The molecule has 4 aromatic rings. The number of hydrogen-bond acceptors (Lipinski definition) is 5. The summed E-state index contributed by atoms with van der Waals surface area (Å²) in [5.74, 6) is 2.67. The van der Waals surface area contributed by atoms with Gasteiger partial charge >= 0.3 is 0 Å². The molecule has 6 nitrogen and oxygen atoms in total. The number of anilines is 1. The molecule has 0 bridgehead atoms. The van der Waals surface area contributed by atoms with Crippen LogP contribution in [0.4, 0.5) is 5.82 Å². The van der Waals surface area contributed by atoms with Gasteiger partial charge in [-0.15, -0.1) is 15.3 Å². The topological polar surface area (TPSA) is 55.5 Å². The molecule has 0 radical (unpaired) electrons. The number of fused-ring (bicyclic) bond motifs is 2. The Morgan fingerprint density at radius 2 is 1.86 bits per heavy atom. The summed E-state index contributed by atoms with van der Waals surface area (Å²) in [6, 6.07) is 20.5. The average Bonchev–Trinajstić information content (AvgIpc) is 3.21. The molecule has 0 fully saturated rings. The van der Waals surface area contributed by atoms with Crippen LogP contribution >= 0.6 is 0 Å². The Labute approximate surface area is 169 Å². The zero-order valence-corrected chi connectivity index (χ0v) is 16.5. The summed E-state index contributed by atoms with van der Waals surface area (Å²) >= 11 is 0. The van der Waals surface area contributed by atoms with Gasteiger partial charge in [-0.3, -0.25) is 0 Å². The monoisotopic (exact) mass is 385 g/mol. The molecule has 1 aliphatic rings. The number of hydrogen-bond donors (Lipinski definition) is 0. The number of benzene rings is 2. The fraction of sp³-hybridized carbons (Fsp3) is 0.261. The Morgan fingerprint density at radius 1 is 0.966 bits per heavy atom. The van der Waals surface area contributed by atoms with Crippen LogP contribution in [-0.4, -0.2) is 33.0 Å². The first kappa shape index (κ1) is 17.7. The quantitative estimate of drug-likeness (QED) is 0.517. The fourth-order valence-corrected chi connectivity index (χ4v) is 3.75.